The summed E-state index contributed by atoms with van der Waals surface area (Å²) in [5, 5.41) is 4.42. The standard InChI is InChI=1S/C16H21N3O/c1-11(2)20-14-5-6-16(17)15(7-14)13-8-18-19(10-13)9-12-3-4-12/h5-8,10-12H,3-4,9,17H2,1-2H3. The SMILES string of the molecule is CC(C)Oc1ccc(N)c(-c2cnn(CC3CC3)c2)c1. The van der Waals surface area contributed by atoms with E-state index in [4.69, 9.17) is 10.5 Å². The van der Waals surface area contributed by atoms with Crippen LogP contribution in [0.3, 0.4) is 0 Å². The summed E-state index contributed by atoms with van der Waals surface area (Å²) in [7, 11) is 0. The van der Waals surface area contributed by atoms with Gasteiger partial charge in [-0.15, -0.1) is 0 Å². The van der Waals surface area contributed by atoms with Gasteiger partial charge in [0.1, 0.15) is 5.75 Å². The molecule has 4 heteroatoms. The Bertz CT molecular complexity index is 600. The molecule has 0 atom stereocenters. The summed E-state index contributed by atoms with van der Waals surface area (Å²) in [5.41, 5.74) is 8.88. The van der Waals surface area contributed by atoms with Crippen LogP contribution < -0.4 is 10.5 Å². The average molecular weight is 271 g/mol. The van der Waals surface area contributed by atoms with E-state index in [1.165, 1.54) is 12.8 Å². The first-order chi connectivity index (χ1) is 9.61. The molecule has 0 amide bonds. The quantitative estimate of drug-likeness (QED) is 0.849. The van der Waals surface area contributed by atoms with Crippen LogP contribution in [0.25, 0.3) is 11.1 Å². The molecule has 3 rings (SSSR count). The van der Waals surface area contributed by atoms with Crippen molar-refractivity contribution in [2.24, 2.45) is 5.92 Å². The highest BCUT2D eigenvalue weighted by Crippen LogP contribution is 2.33. The number of anilines is 1. The lowest BCUT2D eigenvalue weighted by Crippen LogP contribution is -2.05. The molecule has 106 valence electrons. The molecule has 1 heterocycles. The lowest BCUT2D eigenvalue weighted by Gasteiger charge is -2.12. The molecule has 1 fully saturated rings. The van der Waals surface area contributed by atoms with E-state index >= 15 is 0 Å². The fourth-order valence-electron chi connectivity index (χ4n) is 2.30. The Morgan fingerprint density at radius 3 is 2.90 bits per heavy atom. The van der Waals surface area contributed by atoms with E-state index in [9.17, 15) is 0 Å². The van der Waals surface area contributed by atoms with E-state index in [0.29, 0.717) is 0 Å². The maximum absolute atomic E-state index is 6.08. The van der Waals surface area contributed by atoms with Crippen LogP contribution in [0.15, 0.2) is 30.6 Å². The molecule has 0 radical (unpaired) electrons. The number of nitrogens with two attached hydrogens (primary N) is 1. The van der Waals surface area contributed by atoms with Gasteiger partial charge >= 0.3 is 0 Å². The number of ether oxygens (including phenoxy) is 1. The maximum Gasteiger partial charge on any atom is 0.120 e. The van der Waals surface area contributed by atoms with Crippen molar-refractivity contribution in [1.82, 2.24) is 9.78 Å². The van der Waals surface area contributed by atoms with Gasteiger partial charge in [0.05, 0.1) is 12.3 Å². The topological polar surface area (TPSA) is 53.1 Å². The molecule has 1 aromatic carbocycles. The van der Waals surface area contributed by atoms with Gasteiger partial charge in [-0.25, -0.2) is 0 Å². The third kappa shape index (κ3) is 2.95. The zero-order valence-corrected chi connectivity index (χ0v) is 12.0. The molecule has 1 aliphatic rings. The lowest BCUT2D eigenvalue weighted by atomic mass is 10.1. The highest BCUT2D eigenvalue weighted by atomic mass is 16.5. The van der Waals surface area contributed by atoms with Gasteiger partial charge in [0.25, 0.3) is 0 Å². The second kappa shape index (κ2) is 5.19. The highest BCUT2D eigenvalue weighted by molar-refractivity contribution is 5.76. The predicted octanol–water partition coefficient (Wildman–Crippen LogP) is 3.33. The predicted molar refractivity (Wildman–Crippen MR) is 80.6 cm³/mol. The van der Waals surface area contributed by atoms with Gasteiger partial charge in [0.2, 0.25) is 0 Å². The van der Waals surface area contributed by atoms with E-state index in [-0.39, 0.29) is 6.10 Å². The van der Waals surface area contributed by atoms with Crippen molar-refractivity contribution in [3.63, 3.8) is 0 Å². The molecule has 20 heavy (non-hydrogen) atoms. The fraction of sp³-hybridized carbons (Fsp3) is 0.438. The van der Waals surface area contributed by atoms with Crippen LogP contribution in [0.1, 0.15) is 26.7 Å². The van der Waals surface area contributed by atoms with Crippen LogP contribution in [0.5, 0.6) is 5.75 Å². The first-order valence-corrected chi connectivity index (χ1v) is 7.21. The molecular weight excluding hydrogens is 250 g/mol. The van der Waals surface area contributed by atoms with Crippen molar-refractivity contribution in [2.75, 3.05) is 5.73 Å². The Balaban J connectivity index is 1.85. The highest BCUT2D eigenvalue weighted by Gasteiger charge is 2.22. The molecule has 4 nitrogen and oxygen atoms in total. The lowest BCUT2D eigenvalue weighted by molar-refractivity contribution is 0.242. The summed E-state index contributed by atoms with van der Waals surface area (Å²) >= 11 is 0. The molecule has 1 saturated carbocycles. The van der Waals surface area contributed by atoms with Crippen molar-refractivity contribution >= 4 is 5.69 Å². The Kier molecular flexibility index (Phi) is 3.38. The van der Waals surface area contributed by atoms with E-state index in [2.05, 4.69) is 11.3 Å². The fourth-order valence-corrected chi connectivity index (χ4v) is 2.30. The molecule has 0 aliphatic heterocycles. The van der Waals surface area contributed by atoms with E-state index in [1.54, 1.807) is 0 Å². The average Bonchev–Trinajstić information content (AvgIpc) is 3.08. The van der Waals surface area contributed by atoms with Crippen LogP contribution in [0, 0.1) is 5.92 Å². The molecule has 1 aromatic heterocycles. The van der Waals surface area contributed by atoms with Crippen molar-refractivity contribution in [2.45, 2.75) is 39.3 Å². The largest absolute Gasteiger partial charge is 0.491 e. The van der Waals surface area contributed by atoms with Crippen LogP contribution in [0.2, 0.25) is 0 Å². The van der Waals surface area contributed by atoms with Gasteiger partial charge < -0.3 is 10.5 Å². The van der Waals surface area contributed by atoms with Crippen LogP contribution >= 0.6 is 0 Å². The van der Waals surface area contributed by atoms with E-state index < -0.39 is 0 Å². The molecule has 2 aromatic rings. The Hall–Kier alpha value is -1.97. The zero-order valence-electron chi connectivity index (χ0n) is 12.0. The Morgan fingerprint density at radius 2 is 2.20 bits per heavy atom. The number of aromatic nitrogens is 2. The summed E-state index contributed by atoms with van der Waals surface area (Å²) < 4.78 is 7.75. The molecule has 2 N–H and O–H groups in total. The molecular formula is C16H21N3O. The summed E-state index contributed by atoms with van der Waals surface area (Å²) in [6.07, 6.45) is 6.77. The zero-order chi connectivity index (χ0) is 14.1. The van der Waals surface area contributed by atoms with Gasteiger partial charge in [-0.05, 0) is 50.8 Å². The summed E-state index contributed by atoms with van der Waals surface area (Å²) in [6.45, 7) is 5.05. The third-order valence-electron chi connectivity index (χ3n) is 3.48. The number of rotatable bonds is 5. The monoisotopic (exact) mass is 271 g/mol. The summed E-state index contributed by atoms with van der Waals surface area (Å²) in [4.78, 5) is 0. The Labute approximate surface area is 119 Å². The second-order valence-electron chi connectivity index (χ2n) is 5.81. The minimum absolute atomic E-state index is 0.157. The molecule has 0 unspecified atom stereocenters. The number of hydrogen-bond acceptors (Lipinski definition) is 3. The van der Waals surface area contributed by atoms with Crippen molar-refractivity contribution in [3.8, 4) is 16.9 Å². The minimum atomic E-state index is 0.157. The maximum atomic E-state index is 6.08. The van der Waals surface area contributed by atoms with Crippen molar-refractivity contribution < 1.29 is 4.74 Å². The number of nitrogens with zero attached hydrogens (tertiary/aromatic N) is 2. The van der Waals surface area contributed by atoms with Crippen LogP contribution in [-0.4, -0.2) is 15.9 Å². The van der Waals surface area contributed by atoms with Gasteiger partial charge in [-0.3, -0.25) is 4.68 Å². The molecule has 0 saturated heterocycles. The molecule has 1 aliphatic carbocycles. The summed E-state index contributed by atoms with van der Waals surface area (Å²) in [5.74, 6) is 1.66. The number of hydrogen-bond donors (Lipinski definition) is 1. The van der Waals surface area contributed by atoms with E-state index in [0.717, 1.165) is 35.0 Å². The van der Waals surface area contributed by atoms with Gasteiger partial charge in [0.15, 0.2) is 0 Å². The van der Waals surface area contributed by atoms with Crippen molar-refractivity contribution in [3.05, 3.63) is 30.6 Å². The molecule has 0 spiro atoms. The minimum Gasteiger partial charge on any atom is -0.491 e. The van der Waals surface area contributed by atoms with Gasteiger partial charge in [0, 0.05) is 29.6 Å². The number of benzene rings is 1. The second-order valence-corrected chi connectivity index (χ2v) is 5.81. The summed E-state index contributed by atoms with van der Waals surface area (Å²) in [6, 6.07) is 5.80. The van der Waals surface area contributed by atoms with Gasteiger partial charge in [-0.1, -0.05) is 0 Å². The van der Waals surface area contributed by atoms with Crippen LogP contribution in [-0.2, 0) is 6.54 Å². The number of nitrogen functional groups attached to an aromatic ring is 1. The molecule has 0 bridgehead atoms. The smallest absolute Gasteiger partial charge is 0.120 e. The van der Waals surface area contributed by atoms with Gasteiger partial charge in [-0.2, -0.15) is 5.10 Å². The van der Waals surface area contributed by atoms with Crippen LogP contribution in [0.4, 0.5) is 5.69 Å². The van der Waals surface area contributed by atoms with Crippen molar-refractivity contribution in [1.29, 1.82) is 0 Å². The third-order valence-corrected chi connectivity index (χ3v) is 3.48. The first kappa shape index (κ1) is 13.0. The first-order valence-electron chi connectivity index (χ1n) is 7.21. The van der Waals surface area contributed by atoms with E-state index in [1.807, 2.05) is 42.9 Å². The Morgan fingerprint density at radius 1 is 1.40 bits per heavy atom. The normalized spacial score (nSPS) is 14.8.